The van der Waals surface area contributed by atoms with Gasteiger partial charge in [-0.25, -0.2) is 0 Å². The van der Waals surface area contributed by atoms with Gasteiger partial charge in [0.15, 0.2) is 5.11 Å². The molecule has 1 fully saturated rings. The van der Waals surface area contributed by atoms with E-state index in [1.807, 2.05) is 24.4 Å². The number of hydrogen-bond donors (Lipinski definition) is 1. The van der Waals surface area contributed by atoms with Gasteiger partial charge >= 0.3 is 0 Å². The molecule has 0 amide bonds. The molecular weight excluding hydrogens is 340 g/mol. The second-order valence-electron chi connectivity index (χ2n) is 6.73. The number of pyridine rings is 1. The van der Waals surface area contributed by atoms with Crippen molar-refractivity contribution in [3.8, 4) is 5.69 Å². The second kappa shape index (κ2) is 6.57. The summed E-state index contributed by atoms with van der Waals surface area (Å²) in [5, 5.41) is 4.21. The third kappa shape index (κ3) is 2.69. The van der Waals surface area contributed by atoms with E-state index in [4.69, 9.17) is 12.2 Å². The minimum atomic E-state index is 0.0402. The summed E-state index contributed by atoms with van der Waals surface area (Å²) in [5.74, 6) is 0. The van der Waals surface area contributed by atoms with Crippen molar-refractivity contribution in [3.63, 3.8) is 0 Å². The number of hydrogen-bond acceptors (Lipinski definition) is 2. The maximum atomic E-state index is 5.55. The number of likely N-dealkylation sites (N-methyl/N-ethyl adjacent to an activating group) is 1. The normalized spacial score (nSPS) is 19.7. The summed E-state index contributed by atoms with van der Waals surface area (Å²) in [4.78, 5) is 6.71. The monoisotopic (exact) mass is 362 g/mol. The summed E-state index contributed by atoms with van der Waals surface area (Å²) in [6.45, 7) is 4.33. The highest BCUT2D eigenvalue weighted by molar-refractivity contribution is 7.80. The van der Waals surface area contributed by atoms with Crippen molar-refractivity contribution in [1.82, 2.24) is 19.8 Å². The SMILES string of the molecule is Cc1cc([C@@H]2[C@H](c3ccccn3)NC(=S)N2C)c(C)n1-c1ccccc1. The van der Waals surface area contributed by atoms with Crippen LogP contribution in [0.3, 0.4) is 0 Å². The molecule has 1 aliphatic rings. The van der Waals surface area contributed by atoms with Crippen LogP contribution < -0.4 is 5.32 Å². The summed E-state index contributed by atoms with van der Waals surface area (Å²) in [6, 6.07) is 18.9. The number of thiocarbonyl (C=S) groups is 1. The first-order valence-electron chi connectivity index (χ1n) is 8.76. The van der Waals surface area contributed by atoms with E-state index >= 15 is 0 Å². The Kier molecular flexibility index (Phi) is 4.24. The molecule has 132 valence electrons. The third-order valence-corrected chi connectivity index (χ3v) is 5.55. The zero-order chi connectivity index (χ0) is 18.3. The number of aryl methyl sites for hydroxylation is 1. The lowest BCUT2D eigenvalue weighted by Gasteiger charge is -2.24. The van der Waals surface area contributed by atoms with Gasteiger partial charge in [0.1, 0.15) is 0 Å². The van der Waals surface area contributed by atoms with Crippen LogP contribution in [0.4, 0.5) is 0 Å². The van der Waals surface area contributed by atoms with E-state index in [0.717, 1.165) is 10.8 Å². The summed E-state index contributed by atoms with van der Waals surface area (Å²) < 4.78 is 2.31. The van der Waals surface area contributed by atoms with E-state index in [-0.39, 0.29) is 12.1 Å². The molecule has 2 aromatic heterocycles. The lowest BCUT2D eigenvalue weighted by atomic mass is 9.97. The third-order valence-electron chi connectivity index (χ3n) is 5.14. The molecule has 3 heterocycles. The van der Waals surface area contributed by atoms with Crippen LogP contribution in [0.25, 0.3) is 5.69 Å². The van der Waals surface area contributed by atoms with Crippen molar-refractivity contribution in [2.75, 3.05) is 7.05 Å². The molecule has 1 saturated heterocycles. The number of nitrogens with zero attached hydrogens (tertiary/aromatic N) is 3. The van der Waals surface area contributed by atoms with Gasteiger partial charge in [-0.1, -0.05) is 24.3 Å². The van der Waals surface area contributed by atoms with Gasteiger partial charge in [-0.2, -0.15) is 0 Å². The van der Waals surface area contributed by atoms with Gasteiger partial charge in [0.25, 0.3) is 0 Å². The first kappa shape index (κ1) is 16.8. The van der Waals surface area contributed by atoms with Gasteiger partial charge < -0.3 is 14.8 Å². The lowest BCUT2D eigenvalue weighted by molar-refractivity contribution is 0.367. The Bertz CT molecular complexity index is 933. The van der Waals surface area contributed by atoms with Crippen molar-refractivity contribution in [1.29, 1.82) is 0 Å². The molecule has 0 bridgehead atoms. The first-order valence-corrected chi connectivity index (χ1v) is 9.17. The molecule has 0 saturated carbocycles. The molecule has 2 atom stereocenters. The molecule has 3 aromatic rings. The van der Waals surface area contributed by atoms with Crippen molar-refractivity contribution >= 4 is 17.3 Å². The molecule has 0 spiro atoms. The van der Waals surface area contributed by atoms with Gasteiger partial charge in [-0.05, 0) is 62.0 Å². The highest BCUT2D eigenvalue weighted by Crippen LogP contribution is 2.40. The maximum absolute atomic E-state index is 5.55. The average Bonchev–Trinajstić information content (AvgIpc) is 3.12. The van der Waals surface area contributed by atoms with E-state index in [1.165, 1.54) is 22.6 Å². The van der Waals surface area contributed by atoms with Gasteiger partial charge in [0.05, 0.1) is 17.8 Å². The Morgan fingerprint density at radius 3 is 2.46 bits per heavy atom. The Morgan fingerprint density at radius 1 is 1.04 bits per heavy atom. The molecule has 1 aliphatic heterocycles. The van der Waals surface area contributed by atoms with Gasteiger partial charge in [0.2, 0.25) is 0 Å². The number of benzene rings is 1. The van der Waals surface area contributed by atoms with Gasteiger partial charge in [-0.3, -0.25) is 4.98 Å². The molecule has 5 heteroatoms. The predicted octanol–water partition coefficient (Wildman–Crippen LogP) is 4.09. The van der Waals surface area contributed by atoms with Crippen molar-refractivity contribution in [2.24, 2.45) is 0 Å². The van der Waals surface area contributed by atoms with Crippen LogP contribution in [-0.2, 0) is 0 Å². The summed E-state index contributed by atoms with van der Waals surface area (Å²) >= 11 is 5.55. The number of rotatable bonds is 3. The zero-order valence-electron chi connectivity index (χ0n) is 15.2. The zero-order valence-corrected chi connectivity index (χ0v) is 16.0. The topological polar surface area (TPSA) is 33.1 Å². The van der Waals surface area contributed by atoms with E-state index in [9.17, 15) is 0 Å². The van der Waals surface area contributed by atoms with E-state index in [2.05, 4.69) is 77.1 Å². The highest BCUT2D eigenvalue weighted by Gasteiger charge is 2.39. The number of aromatic nitrogens is 2. The van der Waals surface area contributed by atoms with Crippen LogP contribution in [0.1, 0.15) is 34.7 Å². The lowest BCUT2D eigenvalue weighted by Crippen LogP contribution is -2.25. The summed E-state index contributed by atoms with van der Waals surface area (Å²) in [7, 11) is 2.05. The highest BCUT2D eigenvalue weighted by atomic mass is 32.1. The standard InChI is InChI=1S/C21H22N4S/c1-14-13-17(15(2)25(14)16-9-5-4-6-10-16)20-19(23-21(26)24(20)3)18-11-7-8-12-22-18/h4-13,19-20H,1-3H3,(H,23,26)/t19-,20+/m0/s1. The smallest absolute Gasteiger partial charge is 0.169 e. The largest absolute Gasteiger partial charge is 0.352 e. The molecule has 1 aromatic carbocycles. The number of para-hydroxylation sites is 1. The fraction of sp³-hybridized carbons (Fsp3) is 0.238. The Hall–Kier alpha value is -2.66. The summed E-state index contributed by atoms with van der Waals surface area (Å²) in [5.41, 5.74) is 5.91. The van der Waals surface area contributed by atoms with Crippen LogP contribution >= 0.6 is 12.2 Å². The quantitative estimate of drug-likeness (QED) is 0.712. The fourth-order valence-corrected chi connectivity index (χ4v) is 4.15. The summed E-state index contributed by atoms with van der Waals surface area (Å²) in [6.07, 6.45) is 1.84. The fourth-order valence-electron chi connectivity index (χ4n) is 3.91. The maximum Gasteiger partial charge on any atom is 0.169 e. The average molecular weight is 363 g/mol. The number of nitrogens with one attached hydrogen (secondary N) is 1. The van der Waals surface area contributed by atoms with Crippen LogP contribution in [0, 0.1) is 13.8 Å². The van der Waals surface area contributed by atoms with Crippen LogP contribution in [0.5, 0.6) is 0 Å². The van der Waals surface area contributed by atoms with Crippen molar-refractivity contribution < 1.29 is 0 Å². The first-order chi connectivity index (χ1) is 12.6. The van der Waals surface area contributed by atoms with E-state index in [1.54, 1.807) is 0 Å². The molecule has 0 unspecified atom stereocenters. The molecule has 1 N–H and O–H groups in total. The van der Waals surface area contributed by atoms with Crippen LogP contribution in [0.2, 0.25) is 0 Å². The van der Waals surface area contributed by atoms with Crippen LogP contribution in [0.15, 0.2) is 60.8 Å². The molecule has 0 radical (unpaired) electrons. The van der Waals surface area contributed by atoms with Crippen molar-refractivity contribution in [2.45, 2.75) is 25.9 Å². The minimum absolute atomic E-state index is 0.0402. The van der Waals surface area contributed by atoms with Gasteiger partial charge in [0, 0.05) is 30.3 Å². The Labute approximate surface area is 159 Å². The van der Waals surface area contributed by atoms with Crippen molar-refractivity contribution in [3.05, 3.63) is 83.4 Å². The van der Waals surface area contributed by atoms with E-state index in [0.29, 0.717) is 0 Å². The predicted molar refractivity (Wildman–Crippen MR) is 108 cm³/mol. The molecule has 4 nitrogen and oxygen atoms in total. The minimum Gasteiger partial charge on any atom is -0.352 e. The Morgan fingerprint density at radius 2 is 1.77 bits per heavy atom. The second-order valence-corrected chi connectivity index (χ2v) is 7.12. The molecule has 0 aliphatic carbocycles. The van der Waals surface area contributed by atoms with Crippen LogP contribution in [-0.4, -0.2) is 26.6 Å². The van der Waals surface area contributed by atoms with E-state index < -0.39 is 0 Å². The van der Waals surface area contributed by atoms with Gasteiger partial charge in [-0.15, -0.1) is 0 Å². The molecular formula is C21H22N4S. The molecule has 26 heavy (non-hydrogen) atoms. The molecule has 4 rings (SSSR count). The Balaban J connectivity index is 1.82.